The zero-order valence-corrected chi connectivity index (χ0v) is 26.5. The van der Waals surface area contributed by atoms with Crippen molar-refractivity contribution in [1.82, 2.24) is 14.7 Å². The lowest BCUT2D eigenvalue weighted by Crippen LogP contribution is -2.58. The number of fused-ring (bicyclic) bond motifs is 1. The van der Waals surface area contributed by atoms with Gasteiger partial charge in [-0.2, -0.15) is 0 Å². The highest BCUT2D eigenvalue weighted by Gasteiger charge is 2.78. The predicted molar refractivity (Wildman–Crippen MR) is 170 cm³/mol. The molecule has 8 nitrogen and oxygen atoms in total. The summed E-state index contributed by atoms with van der Waals surface area (Å²) in [6.45, 7) is 11.6. The number of likely N-dealkylation sites (tertiary alicyclic amines) is 1. The lowest BCUT2D eigenvalue weighted by atomic mass is 9.66. The molecular formula is C36H51N3O5. The molecule has 8 heteroatoms. The van der Waals surface area contributed by atoms with Crippen LogP contribution in [-0.2, 0) is 25.7 Å². The minimum absolute atomic E-state index is 0.0624. The van der Waals surface area contributed by atoms with Gasteiger partial charge in [0.15, 0.2) is 0 Å². The van der Waals surface area contributed by atoms with Gasteiger partial charge in [-0.1, -0.05) is 74.6 Å². The van der Waals surface area contributed by atoms with Crippen molar-refractivity contribution in [1.29, 1.82) is 0 Å². The molecule has 5 rings (SSSR count). The maximum atomic E-state index is 14.8. The Balaban J connectivity index is 1.49. The van der Waals surface area contributed by atoms with E-state index in [1.54, 1.807) is 22.0 Å². The second-order valence-corrected chi connectivity index (χ2v) is 13.5. The van der Waals surface area contributed by atoms with Crippen LogP contribution in [0.3, 0.4) is 0 Å². The number of rotatable bonds is 15. The van der Waals surface area contributed by atoms with Crippen molar-refractivity contribution in [3.05, 3.63) is 61.2 Å². The Morgan fingerprint density at radius 1 is 1.00 bits per heavy atom. The van der Waals surface area contributed by atoms with E-state index in [1.165, 1.54) is 6.42 Å². The molecule has 1 aliphatic carbocycles. The largest absolute Gasteiger partial charge is 0.396 e. The van der Waals surface area contributed by atoms with E-state index in [-0.39, 0.29) is 30.4 Å². The van der Waals surface area contributed by atoms with Gasteiger partial charge in [0.2, 0.25) is 17.7 Å². The lowest BCUT2D eigenvalue weighted by Gasteiger charge is -2.40. The zero-order chi connectivity index (χ0) is 31.3. The first-order chi connectivity index (χ1) is 21.3. The summed E-state index contributed by atoms with van der Waals surface area (Å²) in [5.74, 6) is -1.69. The molecule has 4 aliphatic rings. The van der Waals surface area contributed by atoms with Gasteiger partial charge in [-0.3, -0.25) is 14.4 Å². The monoisotopic (exact) mass is 605 g/mol. The molecular weight excluding hydrogens is 554 g/mol. The first-order valence-corrected chi connectivity index (χ1v) is 16.8. The van der Waals surface area contributed by atoms with Gasteiger partial charge in [0.25, 0.3) is 0 Å². The van der Waals surface area contributed by atoms with Gasteiger partial charge >= 0.3 is 0 Å². The Hall–Kier alpha value is -2.97. The molecule has 240 valence electrons. The fourth-order valence-corrected chi connectivity index (χ4v) is 8.57. The molecule has 2 unspecified atom stereocenters. The average Bonchev–Trinajstić information content (AvgIpc) is 3.60. The zero-order valence-electron chi connectivity index (χ0n) is 26.5. The van der Waals surface area contributed by atoms with E-state index in [9.17, 15) is 19.5 Å². The van der Waals surface area contributed by atoms with Crippen LogP contribution in [0.15, 0.2) is 55.6 Å². The van der Waals surface area contributed by atoms with Crippen LogP contribution in [0.5, 0.6) is 0 Å². The van der Waals surface area contributed by atoms with Crippen LogP contribution in [0.1, 0.15) is 83.1 Å². The van der Waals surface area contributed by atoms with E-state index in [2.05, 4.69) is 13.2 Å². The standard InChI is InChI=1S/C36H51N3O5/c1-4-22-37(26-27-16-10-8-11-17-27)32(41)29-30-33(42)39(24-14-6-7-15-25-40)31(36(30)21-20-35(29,3)44-36)34(43)38(23-5-2)28-18-12-9-13-19-28/h4-5,8,10-11,16-17,28-31,40H,1-2,6-7,9,12-15,18-26H2,3H3/t29-,30+,31?,35+,36?/m1/s1. The van der Waals surface area contributed by atoms with Crippen LogP contribution < -0.4 is 0 Å². The third-order valence-corrected chi connectivity index (χ3v) is 10.6. The Morgan fingerprint density at radius 2 is 1.70 bits per heavy atom. The van der Waals surface area contributed by atoms with E-state index in [1.807, 2.05) is 42.2 Å². The number of carbonyl (C=O) groups excluding carboxylic acids is 3. The summed E-state index contributed by atoms with van der Waals surface area (Å²) in [5.41, 5.74) is -0.850. The van der Waals surface area contributed by atoms with Crippen LogP contribution in [0, 0.1) is 11.8 Å². The number of aliphatic hydroxyl groups excluding tert-OH is 1. The molecule has 1 saturated carbocycles. The van der Waals surface area contributed by atoms with Gasteiger partial charge in [0.05, 0.1) is 17.4 Å². The Kier molecular flexibility index (Phi) is 10.3. The summed E-state index contributed by atoms with van der Waals surface area (Å²) < 4.78 is 6.94. The number of aliphatic hydroxyl groups is 1. The van der Waals surface area contributed by atoms with Gasteiger partial charge in [0, 0.05) is 38.8 Å². The lowest BCUT2D eigenvalue weighted by molar-refractivity contribution is -0.155. The van der Waals surface area contributed by atoms with Gasteiger partial charge in [-0.05, 0) is 51.0 Å². The molecule has 0 aromatic heterocycles. The van der Waals surface area contributed by atoms with Crippen LogP contribution in [0.4, 0.5) is 0 Å². The Labute approximate surface area is 263 Å². The third kappa shape index (κ3) is 6.00. The second-order valence-electron chi connectivity index (χ2n) is 13.5. The first kappa shape index (κ1) is 32.4. The van der Waals surface area contributed by atoms with Crippen LogP contribution in [-0.4, -0.2) is 87.1 Å². The summed E-state index contributed by atoms with van der Waals surface area (Å²) >= 11 is 0. The van der Waals surface area contributed by atoms with Crippen molar-refractivity contribution < 1.29 is 24.2 Å². The molecule has 3 saturated heterocycles. The molecule has 44 heavy (non-hydrogen) atoms. The molecule has 1 aromatic rings. The van der Waals surface area contributed by atoms with E-state index in [4.69, 9.17) is 4.74 Å². The molecule has 1 N–H and O–H groups in total. The van der Waals surface area contributed by atoms with Crippen molar-refractivity contribution >= 4 is 17.7 Å². The molecule has 0 radical (unpaired) electrons. The summed E-state index contributed by atoms with van der Waals surface area (Å²) in [7, 11) is 0. The molecule has 1 spiro atoms. The van der Waals surface area contributed by atoms with Crippen molar-refractivity contribution in [2.24, 2.45) is 11.8 Å². The highest BCUT2D eigenvalue weighted by atomic mass is 16.5. The summed E-state index contributed by atoms with van der Waals surface area (Å²) in [6.07, 6.45) is 13.1. The van der Waals surface area contributed by atoms with Crippen LogP contribution >= 0.6 is 0 Å². The van der Waals surface area contributed by atoms with Crippen molar-refractivity contribution in [3.8, 4) is 0 Å². The maximum absolute atomic E-state index is 14.8. The molecule has 3 heterocycles. The molecule has 3 amide bonds. The third-order valence-electron chi connectivity index (χ3n) is 10.6. The number of ether oxygens (including phenoxy) is 1. The smallest absolute Gasteiger partial charge is 0.248 e. The minimum atomic E-state index is -1.03. The van der Waals surface area contributed by atoms with Crippen LogP contribution in [0.25, 0.3) is 0 Å². The molecule has 4 fully saturated rings. The quantitative estimate of drug-likeness (QED) is 0.228. The highest BCUT2D eigenvalue weighted by Crippen LogP contribution is 2.63. The number of carbonyl (C=O) groups is 3. The normalized spacial score (nSPS) is 29.5. The summed E-state index contributed by atoms with van der Waals surface area (Å²) in [5, 5.41) is 9.25. The number of amides is 3. The number of hydrogen-bond donors (Lipinski definition) is 1. The van der Waals surface area contributed by atoms with E-state index in [0.29, 0.717) is 39.0 Å². The number of unbranched alkanes of at least 4 members (excludes halogenated alkanes) is 3. The van der Waals surface area contributed by atoms with E-state index >= 15 is 0 Å². The molecule has 1 aromatic carbocycles. The van der Waals surface area contributed by atoms with Crippen LogP contribution in [0.2, 0.25) is 0 Å². The molecule has 2 bridgehead atoms. The highest BCUT2D eigenvalue weighted by molar-refractivity contribution is 5.99. The van der Waals surface area contributed by atoms with Crippen molar-refractivity contribution in [2.45, 2.75) is 107 Å². The van der Waals surface area contributed by atoms with Crippen molar-refractivity contribution in [2.75, 3.05) is 26.2 Å². The van der Waals surface area contributed by atoms with E-state index < -0.39 is 29.1 Å². The number of hydrogen-bond acceptors (Lipinski definition) is 5. The fraction of sp³-hybridized carbons (Fsp3) is 0.639. The topological polar surface area (TPSA) is 90.4 Å². The van der Waals surface area contributed by atoms with Gasteiger partial charge < -0.3 is 24.5 Å². The summed E-state index contributed by atoms with van der Waals surface area (Å²) in [4.78, 5) is 49.4. The number of nitrogens with zero attached hydrogens (tertiary/aromatic N) is 3. The van der Waals surface area contributed by atoms with Gasteiger partial charge in [-0.25, -0.2) is 0 Å². The average molecular weight is 606 g/mol. The number of benzene rings is 1. The SMILES string of the molecule is C=CCN(Cc1ccccc1)C(=O)[C@H]1[C@H]2C(=O)N(CCCCCCO)C(C(=O)N(CC=C)C3CCCCC3)C23CC[C@]1(C)O3. The van der Waals surface area contributed by atoms with E-state index in [0.717, 1.165) is 56.9 Å². The first-order valence-electron chi connectivity index (χ1n) is 16.8. The summed E-state index contributed by atoms with van der Waals surface area (Å²) in [6, 6.07) is 9.22. The Bertz CT molecular complexity index is 1200. The van der Waals surface area contributed by atoms with Gasteiger partial charge in [-0.15, -0.1) is 13.2 Å². The fourth-order valence-electron chi connectivity index (χ4n) is 8.57. The second kappa shape index (κ2) is 14.0. The Morgan fingerprint density at radius 3 is 2.39 bits per heavy atom. The minimum Gasteiger partial charge on any atom is -0.396 e. The molecule has 5 atom stereocenters. The molecule has 3 aliphatic heterocycles. The maximum Gasteiger partial charge on any atom is 0.248 e. The van der Waals surface area contributed by atoms with Gasteiger partial charge in [0.1, 0.15) is 11.6 Å². The predicted octanol–water partition coefficient (Wildman–Crippen LogP) is 4.87. The van der Waals surface area contributed by atoms with Crippen molar-refractivity contribution in [3.63, 3.8) is 0 Å².